The van der Waals surface area contributed by atoms with Crippen LogP contribution in [0.1, 0.15) is 85.8 Å². The molecule has 1 aromatic heterocycles. The van der Waals surface area contributed by atoms with E-state index in [-0.39, 0.29) is 23.2 Å². The van der Waals surface area contributed by atoms with E-state index in [0.717, 1.165) is 24.3 Å². The zero-order valence-electron chi connectivity index (χ0n) is 24.5. The lowest BCUT2D eigenvalue weighted by atomic mass is 9.93. The molecule has 1 amide bonds. The monoisotopic (exact) mass is 554 g/mol. The van der Waals surface area contributed by atoms with Gasteiger partial charge in [-0.15, -0.1) is 11.3 Å². The van der Waals surface area contributed by atoms with Gasteiger partial charge >= 0.3 is 6.09 Å². The fourth-order valence-corrected chi connectivity index (χ4v) is 11.1. The Hall–Kier alpha value is -2.22. The predicted molar refractivity (Wildman–Crippen MR) is 161 cm³/mol. The lowest BCUT2D eigenvalue weighted by Gasteiger charge is -2.47. The molecule has 1 aromatic carbocycles. The summed E-state index contributed by atoms with van der Waals surface area (Å²) < 4.78 is 13.3. The fourth-order valence-electron chi connectivity index (χ4n) is 5.39. The van der Waals surface area contributed by atoms with E-state index in [2.05, 4.69) is 83.2 Å². The van der Waals surface area contributed by atoms with Crippen LogP contribution in [0.15, 0.2) is 65.3 Å². The van der Waals surface area contributed by atoms with E-state index in [9.17, 15) is 4.79 Å². The molecule has 0 bridgehead atoms. The van der Waals surface area contributed by atoms with Gasteiger partial charge in [0.2, 0.25) is 0 Å². The van der Waals surface area contributed by atoms with Gasteiger partial charge in [-0.3, -0.25) is 0 Å². The molecule has 0 radical (unpaired) electrons. The van der Waals surface area contributed by atoms with E-state index >= 15 is 0 Å². The summed E-state index contributed by atoms with van der Waals surface area (Å²) in [4.78, 5) is 19.7. The minimum absolute atomic E-state index is 0.124. The number of aromatic nitrogens is 1. The maximum Gasteiger partial charge on any atom is 0.410 e. The van der Waals surface area contributed by atoms with Crippen LogP contribution < -0.4 is 5.19 Å². The molecule has 208 valence electrons. The normalized spacial score (nSPS) is 19.8. The Balaban J connectivity index is 2.09. The van der Waals surface area contributed by atoms with Crippen LogP contribution in [-0.2, 0) is 9.16 Å². The molecule has 0 N–H and O–H groups in total. The van der Waals surface area contributed by atoms with E-state index in [0.29, 0.717) is 13.1 Å². The Bertz CT molecular complexity index is 1090. The van der Waals surface area contributed by atoms with Gasteiger partial charge in [0.1, 0.15) is 16.7 Å². The van der Waals surface area contributed by atoms with Crippen molar-refractivity contribution in [1.82, 2.24) is 9.88 Å². The summed E-state index contributed by atoms with van der Waals surface area (Å²) in [7, 11) is -2.78. The number of ether oxygens (including phenoxy) is 1. The van der Waals surface area contributed by atoms with Crippen molar-refractivity contribution in [3.63, 3.8) is 0 Å². The fraction of sp³-hybridized carbons (Fsp3) is 0.548. The Morgan fingerprint density at radius 3 is 2.50 bits per heavy atom. The summed E-state index contributed by atoms with van der Waals surface area (Å²) in [6, 6.07) is 10.8. The van der Waals surface area contributed by atoms with E-state index in [1.807, 2.05) is 37.2 Å². The summed E-state index contributed by atoms with van der Waals surface area (Å²) in [6.45, 7) is 18.4. The second-order valence-electron chi connectivity index (χ2n) is 12.2. The van der Waals surface area contributed by atoms with Crippen molar-refractivity contribution in [3.8, 4) is 0 Å². The average molecular weight is 555 g/mol. The number of allylic oxidation sites excluding steroid dienone is 4. The van der Waals surface area contributed by atoms with Crippen molar-refractivity contribution >= 4 is 30.9 Å². The molecule has 7 heteroatoms. The molecule has 38 heavy (non-hydrogen) atoms. The van der Waals surface area contributed by atoms with Crippen molar-refractivity contribution in [2.24, 2.45) is 5.92 Å². The third-order valence-electron chi connectivity index (χ3n) is 7.05. The molecule has 3 atom stereocenters. The van der Waals surface area contributed by atoms with Crippen molar-refractivity contribution in [1.29, 1.82) is 0 Å². The highest BCUT2D eigenvalue weighted by Gasteiger charge is 2.53. The van der Waals surface area contributed by atoms with Gasteiger partial charge in [-0.1, -0.05) is 81.5 Å². The van der Waals surface area contributed by atoms with Gasteiger partial charge < -0.3 is 14.1 Å². The highest BCUT2D eigenvalue weighted by Crippen LogP contribution is 2.47. The van der Waals surface area contributed by atoms with E-state index in [1.54, 1.807) is 11.3 Å². The summed E-state index contributed by atoms with van der Waals surface area (Å²) >= 11 is 1.64. The molecule has 3 rings (SSSR count). The third kappa shape index (κ3) is 7.24. The number of piperidine rings is 1. The summed E-state index contributed by atoms with van der Waals surface area (Å²) in [5.74, 6) is 0.124. The van der Waals surface area contributed by atoms with Crippen molar-refractivity contribution < 1.29 is 14.0 Å². The van der Waals surface area contributed by atoms with E-state index < -0.39 is 13.9 Å². The van der Waals surface area contributed by atoms with Crippen LogP contribution in [-0.4, -0.2) is 43.0 Å². The molecule has 3 unspecified atom stereocenters. The lowest BCUT2D eigenvalue weighted by Crippen LogP contribution is -2.60. The van der Waals surface area contributed by atoms with Crippen LogP contribution in [0.5, 0.6) is 0 Å². The Morgan fingerprint density at radius 1 is 1.21 bits per heavy atom. The van der Waals surface area contributed by atoms with Crippen LogP contribution in [0.3, 0.4) is 0 Å². The highest BCUT2D eigenvalue weighted by molar-refractivity contribution is 7.09. The molecule has 5 nitrogen and oxygen atoms in total. The van der Waals surface area contributed by atoms with Crippen LogP contribution >= 0.6 is 11.3 Å². The lowest BCUT2D eigenvalue weighted by molar-refractivity contribution is 0.00449. The Kier molecular flexibility index (Phi) is 10.2. The van der Waals surface area contributed by atoms with Gasteiger partial charge in [0.05, 0.1) is 0 Å². The molecule has 1 aliphatic heterocycles. The minimum Gasteiger partial charge on any atom is -0.444 e. The number of amides is 1. The first-order chi connectivity index (χ1) is 17.9. The van der Waals surface area contributed by atoms with Crippen molar-refractivity contribution in [2.75, 3.05) is 13.1 Å². The third-order valence-corrected chi connectivity index (χ3v) is 13.0. The number of carbonyl (C=O) groups is 1. The minimum atomic E-state index is -2.78. The number of thiazole rings is 1. The zero-order chi connectivity index (χ0) is 28.0. The molecule has 1 fully saturated rings. The first-order valence-corrected chi connectivity index (χ1v) is 16.6. The summed E-state index contributed by atoms with van der Waals surface area (Å²) in [5, 5.41) is 5.41. The standard InChI is InChI=1S/C31H46N2O3SSi/c1-9-10-12-16-24(2)38(31(6,7)8,26-18-13-11-14-19-26)36-27(28-32-20-22-37-28)25-17-15-21-33(23-25)29(34)35-30(3,4)5/h10-14,16,18-20,22,25,27H,9,15,17,21,23H2,1-8H3. The molecule has 0 aliphatic carbocycles. The summed E-state index contributed by atoms with van der Waals surface area (Å²) in [5.41, 5.74) is -0.523. The predicted octanol–water partition coefficient (Wildman–Crippen LogP) is 7.95. The molecule has 2 heterocycles. The largest absolute Gasteiger partial charge is 0.444 e. The molecule has 1 aliphatic rings. The molecular weight excluding hydrogens is 509 g/mol. The summed E-state index contributed by atoms with van der Waals surface area (Å²) in [6.07, 6.45) is 10.9. The van der Waals surface area contributed by atoms with Gasteiger partial charge in [0.15, 0.2) is 0 Å². The number of hydrogen-bond donors (Lipinski definition) is 0. The number of nitrogens with zero attached hydrogens (tertiary/aromatic N) is 2. The van der Waals surface area contributed by atoms with Crippen LogP contribution in [0.2, 0.25) is 5.04 Å². The molecule has 0 saturated carbocycles. The van der Waals surface area contributed by atoms with Crippen LogP contribution in [0, 0.1) is 5.92 Å². The van der Waals surface area contributed by atoms with Crippen LogP contribution in [0.25, 0.3) is 0 Å². The molecule has 1 saturated heterocycles. The topological polar surface area (TPSA) is 51.7 Å². The second-order valence-corrected chi connectivity index (χ2v) is 17.6. The molecule has 0 spiro atoms. The zero-order valence-corrected chi connectivity index (χ0v) is 26.3. The number of likely N-dealkylation sites (tertiary alicyclic amines) is 1. The van der Waals surface area contributed by atoms with E-state index in [1.165, 1.54) is 10.4 Å². The van der Waals surface area contributed by atoms with Gasteiger partial charge in [-0.05, 0) is 57.2 Å². The first kappa shape index (κ1) is 30.3. The molecular formula is C31H46N2O3SSi. The highest BCUT2D eigenvalue weighted by atomic mass is 32.1. The van der Waals surface area contributed by atoms with Gasteiger partial charge in [-0.25, -0.2) is 9.78 Å². The van der Waals surface area contributed by atoms with Crippen molar-refractivity contribution in [2.45, 2.75) is 91.4 Å². The van der Waals surface area contributed by atoms with Crippen LogP contribution in [0.4, 0.5) is 4.79 Å². The maximum atomic E-state index is 13.0. The number of rotatable bonds is 8. The SMILES string of the molecule is CCC=CC=C(C)[Si](OC(c1nccs1)C1CCCN(C(=O)OC(C)(C)C)C1)(c1ccccc1)C(C)(C)C. The average Bonchev–Trinajstić information content (AvgIpc) is 3.38. The second kappa shape index (κ2) is 12.8. The number of hydrogen-bond acceptors (Lipinski definition) is 5. The quantitative estimate of drug-likeness (QED) is 0.245. The number of benzene rings is 1. The Morgan fingerprint density at radius 2 is 1.92 bits per heavy atom. The molecule has 2 aromatic rings. The number of carbonyl (C=O) groups excluding carboxylic acids is 1. The maximum absolute atomic E-state index is 13.0. The van der Waals surface area contributed by atoms with Gasteiger partial charge in [0.25, 0.3) is 8.32 Å². The Labute approximate surface area is 235 Å². The van der Waals surface area contributed by atoms with Gasteiger partial charge in [-0.2, -0.15) is 0 Å². The van der Waals surface area contributed by atoms with E-state index in [4.69, 9.17) is 14.1 Å². The smallest absolute Gasteiger partial charge is 0.410 e. The first-order valence-electron chi connectivity index (χ1n) is 13.8. The van der Waals surface area contributed by atoms with Crippen molar-refractivity contribution in [3.05, 3.63) is 70.3 Å². The van der Waals surface area contributed by atoms with Gasteiger partial charge in [0, 0.05) is 30.6 Å².